The second-order valence-corrected chi connectivity index (χ2v) is 5.26. The normalized spacial score (nSPS) is 24.7. The van der Waals surface area contributed by atoms with Gasteiger partial charge in [0.25, 0.3) is 16.0 Å². The molecule has 0 aromatic carbocycles. The largest absolute Gasteiger partial charge is 0.465 e. The molecular weight excluding hydrogens is 248 g/mol. The van der Waals surface area contributed by atoms with Crippen molar-refractivity contribution in [3.8, 4) is 0 Å². The third kappa shape index (κ3) is 3.56. The summed E-state index contributed by atoms with van der Waals surface area (Å²) in [5, 5.41) is 8.63. The van der Waals surface area contributed by atoms with E-state index in [4.69, 9.17) is 5.11 Å². The van der Waals surface area contributed by atoms with Crippen LogP contribution in [0, 0.1) is 0 Å². The van der Waals surface area contributed by atoms with Crippen molar-refractivity contribution in [3.63, 3.8) is 0 Å². The minimum Gasteiger partial charge on any atom is -0.465 e. The Morgan fingerprint density at radius 2 is 2.19 bits per heavy atom. The Morgan fingerprint density at radius 1 is 1.62 bits per heavy atom. The zero-order valence-corrected chi connectivity index (χ0v) is 9.21. The first-order chi connectivity index (χ1) is 7.11. The molecule has 1 saturated heterocycles. The fourth-order valence-electron chi connectivity index (χ4n) is 1.47. The van der Waals surface area contributed by atoms with Gasteiger partial charge in [0.15, 0.2) is 0 Å². The zero-order chi connectivity index (χ0) is 12.6. The maximum atomic E-state index is 12.9. The predicted molar refractivity (Wildman–Crippen MR) is 48.9 cm³/mol. The first-order valence-corrected chi connectivity index (χ1v) is 6.14. The zero-order valence-electron chi connectivity index (χ0n) is 8.39. The molecular formula is C7H11F2NO5S. The average molecular weight is 259 g/mol. The molecule has 6 nitrogen and oxygen atoms in total. The van der Waals surface area contributed by atoms with Gasteiger partial charge < -0.3 is 5.11 Å². The standard InChI is InChI=1S/C7H11F2NO5S/c1-16(13,14)15-3-5-2-7(8,9)4-10(5)6(11)12/h5H,2-4H2,1H3,(H,11,12)/t5-/m1/s1. The van der Waals surface area contributed by atoms with Crippen LogP contribution in [-0.4, -0.2) is 55.9 Å². The fourth-order valence-corrected chi connectivity index (χ4v) is 1.88. The topological polar surface area (TPSA) is 83.9 Å². The lowest BCUT2D eigenvalue weighted by molar-refractivity contribution is 0.0124. The summed E-state index contributed by atoms with van der Waals surface area (Å²) in [5.74, 6) is -3.14. The van der Waals surface area contributed by atoms with E-state index in [1.807, 2.05) is 0 Å². The Labute approximate surface area is 90.9 Å². The molecule has 1 aliphatic heterocycles. The van der Waals surface area contributed by atoms with Crippen molar-refractivity contribution in [2.45, 2.75) is 18.4 Å². The first-order valence-electron chi connectivity index (χ1n) is 4.32. The third-order valence-corrected chi connectivity index (χ3v) is 2.66. The molecule has 1 fully saturated rings. The van der Waals surface area contributed by atoms with Crippen LogP contribution < -0.4 is 0 Å². The molecule has 16 heavy (non-hydrogen) atoms. The van der Waals surface area contributed by atoms with Crippen LogP contribution in [0.5, 0.6) is 0 Å². The first kappa shape index (κ1) is 13.1. The molecule has 1 heterocycles. The van der Waals surface area contributed by atoms with Gasteiger partial charge in [-0.25, -0.2) is 13.6 Å². The molecule has 0 radical (unpaired) electrons. The predicted octanol–water partition coefficient (Wildman–Crippen LogP) is 0.350. The van der Waals surface area contributed by atoms with Crippen LogP contribution in [-0.2, 0) is 14.3 Å². The number of likely N-dealkylation sites (tertiary alicyclic amines) is 1. The fraction of sp³-hybridized carbons (Fsp3) is 0.857. The molecule has 0 saturated carbocycles. The number of halogens is 2. The number of carbonyl (C=O) groups is 1. The molecule has 1 N–H and O–H groups in total. The van der Waals surface area contributed by atoms with E-state index in [0.717, 1.165) is 6.26 Å². The van der Waals surface area contributed by atoms with Crippen molar-refractivity contribution < 1.29 is 31.3 Å². The van der Waals surface area contributed by atoms with Crippen molar-refractivity contribution in [3.05, 3.63) is 0 Å². The summed E-state index contributed by atoms with van der Waals surface area (Å²) in [6, 6.07) is -1.14. The highest BCUT2D eigenvalue weighted by molar-refractivity contribution is 7.85. The second-order valence-electron chi connectivity index (χ2n) is 3.61. The maximum Gasteiger partial charge on any atom is 0.407 e. The second kappa shape index (κ2) is 4.13. The Balaban J connectivity index is 2.67. The number of carboxylic acid groups (broad SMARTS) is 1. The van der Waals surface area contributed by atoms with E-state index >= 15 is 0 Å². The summed E-state index contributed by atoms with van der Waals surface area (Å²) >= 11 is 0. The van der Waals surface area contributed by atoms with Gasteiger partial charge in [-0.3, -0.25) is 9.08 Å². The van der Waals surface area contributed by atoms with Gasteiger partial charge in [-0.15, -0.1) is 0 Å². The van der Waals surface area contributed by atoms with Gasteiger partial charge in [0.2, 0.25) is 0 Å². The Bertz CT molecular complexity index is 382. The molecule has 0 spiro atoms. The van der Waals surface area contributed by atoms with Gasteiger partial charge in [0.05, 0.1) is 25.4 Å². The van der Waals surface area contributed by atoms with E-state index in [2.05, 4.69) is 4.18 Å². The van der Waals surface area contributed by atoms with Crippen molar-refractivity contribution in [2.75, 3.05) is 19.4 Å². The highest BCUT2D eigenvalue weighted by Crippen LogP contribution is 2.32. The Morgan fingerprint density at radius 3 is 2.62 bits per heavy atom. The summed E-state index contributed by atoms with van der Waals surface area (Å²) in [4.78, 5) is 11.1. The molecule has 0 aromatic rings. The minimum absolute atomic E-state index is 0.491. The number of rotatable bonds is 3. The molecule has 0 aliphatic carbocycles. The number of hydrogen-bond acceptors (Lipinski definition) is 4. The van der Waals surface area contributed by atoms with E-state index in [9.17, 15) is 22.0 Å². The molecule has 9 heteroatoms. The number of alkyl halides is 2. The number of nitrogens with zero attached hydrogens (tertiary/aromatic N) is 1. The van der Waals surface area contributed by atoms with Crippen molar-refractivity contribution in [2.24, 2.45) is 0 Å². The highest BCUT2D eigenvalue weighted by Gasteiger charge is 2.47. The lowest BCUT2D eigenvalue weighted by Gasteiger charge is -2.19. The summed E-state index contributed by atoms with van der Waals surface area (Å²) in [6.07, 6.45) is -1.47. The van der Waals surface area contributed by atoms with Crippen LogP contribution in [0.2, 0.25) is 0 Å². The summed E-state index contributed by atoms with van der Waals surface area (Å²) in [6.45, 7) is -1.51. The lowest BCUT2D eigenvalue weighted by Crippen LogP contribution is -2.38. The molecule has 1 rings (SSSR count). The molecule has 1 atom stereocenters. The lowest BCUT2D eigenvalue weighted by atomic mass is 10.2. The van der Waals surface area contributed by atoms with Gasteiger partial charge in [0, 0.05) is 6.42 Å². The van der Waals surface area contributed by atoms with Crippen LogP contribution in [0.25, 0.3) is 0 Å². The Hall–Kier alpha value is -0.960. The quantitative estimate of drug-likeness (QED) is 0.739. The van der Waals surface area contributed by atoms with Gasteiger partial charge in [0.1, 0.15) is 0 Å². The van der Waals surface area contributed by atoms with Crippen LogP contribution in [0.3, 0.4) is 0 Å². The third-order valence-electron chi connectivity index (χ3n) is 2.10. The maximum absolute atomic E-state index is 12.9. The molecule has 0 bridgehead atoms. The van der Waals surface area contributed by atoms with E-state index < -0.39 is 47.7 Å². The molecule has 1 amide bonds. The van der Waals surface area contributed by atoms with E-state index in [0.29, 0.717) is 4.90 Å². The highest BCUT2D eigenvalue weighted by atomic mass is 32.2. The number of amides is 1. The van der Waals surface area contributed by atoms with E-state index in [-0.39, 0.29) is 0 Å². The molecule has 94 valence electrons. The molecule has 0 aromatic heterocycles. The van der Waals surface area contributed by atoms with E-state index in [1.54, 1.807) is 0 Å². The van der Waals surface area contributed by atoms with Crippen molar-refractivity contribution >= 4 is 16.2 Å². The SMILES string of the molecule is CS(=O)(=O)OC[C@H]1CC(F)(F)CN1C(=O)O. The van der Waals surface area contributed by atoms with Gasteiger partial charge in [-0.2, -0.15) is 8.42 Å². The van der Waals surface area contributed by atoms with Crippen molar-refractivity contribution in [1.82, 2.24) is 4.90 Å². The van der Waals surface area contributed by atoms with Gasteiger partial charge in [-0.1, -0.05) is 0 Å². The minimum atomic E-state index is -3.76. The van der Waals surface area contributed by atoms with Crippen LogP contribution in [0.4, 0.5) is 13.6 Å². The molecule has 0 unspecified atom stereocenters. The van der Waals surface area contributed by atoms with Crippen LogP contribution >= 0.6 is 0 Å². The molecule has 1 aliphatic rings. The van der Waals surface area contributed by atoms with Crippen LogP contribution in [0.1, 0.15) is 6.42 Å². The summed E-state index contributed by atoms with van der Waals surface area (Å²) < 4.78 is 51.5. The van der Waals surface area contributed by atoms with Crippen LogP contribution in [0.15, 0.2) is 0 Å². The summed E-state index contributed by atoms with van der Waals surface area (Å²) in [7, 11) is -3.76. The smallest absolute Gasteiger partial charge is 0.407 e. The average Bonchev–Trinajstić information content (AvgIpc) is 2.36. The van der Waals surface area contributed by atoms with Gasteiger partial charge >= 0.3 is 6.09 Å². The summed E-state index contributed by atoms with van der Waals surface area (Å²) in [5.41, 5.74) is 0. The Kier molecular flexibility index (Phi) is 3.38. The van der Waals surface area contributed by atoms with Gasteiger partial charge in [-0.05, 0) is 0 Å². The van der Waals surface area contributed by atoms with Crippen molar-refractivity contribution in [1.29, 1.82) is 0 Å². The monoisotopic (exact) mass is 259 g/mol. The van der Waals surface area contributed by atoms with E-state index in [1.165, 1.54) is 0 Å². The number of hydrogen-bond donors (Lipinski definition) is 1.